The van der Waals surface area contributed by atoms with Crippen LogP contribution in [0.1, 0.15) is 24.7 Å². The Morgan fingerprint density at radius 1 is 1.53 bits per heavy atom. The zero-order chi connectivity index (χ0) is 12.6. The summed E-state index contributed by atoms with van der Waals surface area (Å²) < 4.78 is 3.09. The lowest BCUT2D eigenvalue weighted by molar-refractivity contribution is 0.159. The van der Waals surface area contributed by atoms with Gasteiger partial charge in [-0.25, -0.2) is 0 Å². The molecule has 0 amide bonds. The molecule has 1 saturated heterocycles. The zero-order valence-corrected chi connectivity index (χ0v) is 12.4. The molecule has 2 unspecified atom stereocenters. The summed E-state index contributed by atoms with van der Waals surface area (Å²) in [4.78, 5) is 2.42. The minimum Gasteiger partial charge on any atom is -0.326 e. The van der Waals surface area contributed by atoms with Crippen molar-refractivity contribution >= 4 is 15.9 Å². The fourth-order valence-electron chi connectivity index (χ4n) is 2.38. The van der Waals surface area contributed by atoms with Gasteiger partial charge in [-0.15, -0.1) is 0 Å². The van der Waals surface area contributed by atoms with Crippen LogP contribution in [0.5, 0.6) is 0 Å². The van der Waals surface area contributed by atoms with Gasteiger partial charge in [0.15, 0.2) is 0 Å². The van der Waals surface area contributed by atoms with E-state index in [9.17, 15) is 0 Å². The minimum atomic E-state index is 0.303. The van der Waals surface area contributed by atoms with E-state index < -0.39 is 0 Å². The van der Waals surface area contributed by atoms with Gasteiger partial charge in [0.05, 0.1) is 15.9 Å². The van der Waals surface area contributed by atoms with Gasteiger partial charge < -0.3 is 5.73 Å². The second-order valence-electron chi connectivity index (χ2n) is 5.13. The first-order valence-electron chi connectivity index (χ1n) is 6.15. The number of hydrogen-bond donors (Lipinski definition) is 1. The molecule has 1 fully saturated rings. The van der Waals surface area contributed by atoms with Crippen LogP contribution in [0.25, 0.3) is 0 Å². The molecule has 2 atom stereocenters. The lowest BCUT2D eigenvalue weighted by Gasteiger charge is -2.35. The first kappa shape index (κ1) is 13.1. The average Bonchev–Trinajstić information content (AvgIpc) is 2.50. The molecule has 1 aromatic heterocycles. The van der Waals surface area contributed by atoms with Gasteiger partial charge in [0.25, 0.3) is 0 Å². The number of nitrogens with zero attached hydrogens (tertiary/aromatic N) is 3. The Morgan fingerprint density at radius 2 is 2.24 bits per heavy atom. The fraction of sp³-hybridized carbons (Fsp3) is 0.750. The normalized spacial score (nSPS) is 26.4. The Balaban J connectivity index is 2.06. The van der Waals surface area contributed by atoms with Crippen LogP contribution in [0, 0.1) is 12.8 Å². The van der Waals surface area contributed by atoms with E-state index in [0.717, 1.165) is 29.8 Å². The zero-order valence-electron chi connectivity index (χ0n) is 10.8. The van der Waals surface area contributed by atoms with Gasteiger partial charge in [0.1, 0.15) is 0 Å². The molecule has 5 heteroatoms. The second kappa shape index (κ2) is 5.08. The lowest BCUT2D eigenvalue weighted by Crippen LogP contribution is -2.47. The van der Waals surface area contributed by atoms with Crippen molar-refractivity contribution in [3.05, 3.63) is 15.9 Å². The monoisotopic (exact) mass is 300 g/mol. The standard InChI is InChI=1S/C12H21BrN4/c1-8-4-5-17(6-10(8)14)7-11-12(13)9(2)15-16(11)3/h8,10H,4-7,14H2,1-3H3. The number of aryl methyl sites for hydroxylation is 2. The fourth-order valence-corrected chi connectivity index (χ4v) is 2.84. The maximum atomic E-state index is 6.13. The van der Waals surface area contributed by atoms with Crippen molar-refractivity contribution in [3.8, 4) is 0 Å². The molecule has 4 nitrogen and oxygen atoms in total. The van der Waals surface area contributed by atoms with E-state index >= 15 is 0 Å². The highest BCUT2D eigenvalue weighted by atomic mass is 79.9. The number of rotatable bonds is 2. The number of halogens is 1. The summed E-state index contributed by atoms with van der Waals surface area (Å²) in [6, 6.07) is 0.303. The maximum absolute atomic E-state index is 6.13. The summed E-state index contributed by atoms with van der Waals surface area (Å²) in [5, 5.41) is 4.42. The SMILES string of the molecule is Cc1nn(C)c(CN2CCC(C)C(N)C2)c1Br. The van der Waals surface area contributed by atoms with E-state index in [1.165, 1.54) is 12.1 Å². The molecule has 96 valence electrons. The van der Waals surface area contributed by atoms with Crippen LogP contribution in [0.4, 0.5) is 0 Å². The summed E-state index contributed by atoms with van der Waals surface area (Å²) in [6.45, 7) is 7.31. The number of hydrogen-bond acceptors (Lipinski definition) is 3. The number of nitrogens with two attached hydrogens (primary N) is 1. The van der Waals surface area contributed by atoms with Crippen molar-refractivity contribution in [1.82, 2.24) is 14.7 Å². The van der Waals surface area contributed by atoms with E-state index in [-0.39, 0.29) is 0 Å². The average molecular weight is 301 g/mol. The topological polar surface area (TPSA) is 47.1 Å². The molecule has 1 aliphatic rings. The summed E-state index contributed by atoms with van der Waals surface area (Å²) >= 11 is 3.61. The van der Waals surface area contributed by atoms with Crippen molar-refractivity contribution in [2.45, 2.75) is 32.9 Å². The molecule has 2 heterocycles. The molecule has 0 bridgehead atoms. The van der Waals surface area contributed by atoms with Crippen LogP contribution in [-0.4, -0.2) is 33.8 Å². The highest BCUT2D eigenvalue weighted by molar-refractivity contribution is 9.10. The van der Waals surface area contributed by atoms with Crippen molar-refractivity contribution in [2.24, 2.45) is 18.7 Å². The summed E-state index contributed by atoms with van der Waals surface area (Å²) in [5.74, 6) is 0.642. The maximum Gasteiger partial charge on any atom is 0.0739 e. The third-order valence-electron chi connectivity index (χ3n) is 3.74. The largest absolute Gasteiger partial charge is 0.326 e. The van der Waals surface area contributed by atoms with Crippen molar-refractivity contribution in [2.75, 3.05) is 13.1 Å². The van der Waals surface area contributed by atoms with Gasteiger partial charge >= 0.3 is 0 Å². The van der Waals surface area contributed by atoms with Crippen molar-refractivity contribution < 1.29 is 0 Å². The van der Waals surface area contributed by atoms with Gasteiger partial charge in [-0.3, -0.25) is 9.58 Å². The molecule has 2 N–H and O–H groups in total. The van der Waals surface area contributed by atoms with E-state index in [2.05, 4.69) is 32.9 Å². The first-order chi connectivity index (χ1) is 7.99. The molecule has 2 rings (SSSR count). The number of aromatic nitrogens is 2. The van der Waals surface area contributed by atoms with Crippen LogP contribution >= 0.6 is 15.9 Å². The molecule has 1 aromatic rings. The number of piperidine rings is 1. The smallest absolute Gasteiger partial charge is 0.0739 e. The molecular weight excluding hydrogens is 280 g/mol. The van der Waals surface area contributed by atoms with Crippen LogP contribution < -0.4 is 5.73 Å². The van der Waals surface area contributed by atoms with E-state index in [1.54, 1.807) is 0 Å². The molecule has 0 saturated carbocycles. The summed E-state index contributed by atoms with van der Waals surface area (Å²) in [5.41, 5.74) is 8.42. The molecule has 17 heavy (non-hydrogen) atoms. The highest BCUT2D eigenvalue weighted by Gasteiger charge is 2.24. The summed E-state index contributed by atoms with van der Waals surface area (Å²) in [6.07, 6.45) is 1.19. The second-order valence-corrected chi connectivity index (χ2v) is 5.93. The van der Waals surface area contributed by atoms with Gasteiger partial charge in [-0.1, -0.05) is 6.92 Å². The molecule has 0 radical (unpaired) electrons. The molecule has 1 aliphatic heterocycles. The van der Waals surface area contributed by atoms with E-state index in [1.807, 2.05) is 18.7 Å². The highest BCUT2D eigenvalue weighted by Crippen LogP contribution is 2.24. The Labute approximate surface area is 111 Å². The van der Waals surface area contributed by atoms with Crippen LogP contribution in [-0.2, 0) is 13.6 Å². The predicted molar refractivity (Wildman–Crippen MR) is 72.7 cm³/mol. The Morgan fingerprint density at radius 3 is 2.76 bits per heavy atom. The first-order valence-corrected chi connectivity index (χ1v) is 6.94. The molecular formula is C12H21BrN4. The van der Waals surface area contributed by atoms with Gasteiger partial charge in [-0.05, 0) is 41.7 Å². The van der Waals surface area contributed by atoms with Gasteiger partial charge in [0, 0.05) is 26.2 Å². The Kier molecular flexibility index (Phi) is 3.90. The third kappa shape index (κ3) is 2.72. The van der Waals surface area contributed by atoms with Gasteiger partial charge in [-0.2, -0.15) is 5.10 Å². The van der Waals surface area contributed by atoms with Crippen molar-refractivity contribution in [1.29, 1.82) is 0 Å². The number of likely N-dealkylation sites (tertiary alicyclic amines) is 1. The quantitative estimate of drug-likeness (QED) is 0.904. The molecule has 0 aliphatic carbocycles. The lowest BCUT2D eigenvalue weighted by atomic mass is 9.94. The van der Waals surface area contributed by atoms with Crippen LogP contribution in [0.3, 0.4) is 0 Å². The van der Waals surface area contributed by atoms with E-state index in [0.29, 0.717) is 12.0 Å². The minimum absolute atomic E-state index is 0.303. The summed E-state index contributed by atoms with van der Waals surface area (Å²) in [7, 11) is 2.00. The predicted octanol–water partition coefficient (Wildman–Crippen LogP) is 1.66. The van der Waals surface area contributed by atoms with Crippen molar-refractivity contribution in [3.63, 3.8) is 0 Å². The Hall–Kier alpha value is -0.390. The molecule has 0 spiro atoms. The Bertz CT molecular complexity index is 401. The third-order valence-corrected chi connectivity index (χ3v) is 4.77. The van der Waals surface area contributed by atoms with Crippen LogP contribution in [0.2, 0.25) is 0 Å². The van der Waals surface area contributed by atoms with Gasteiger partial charge in [0.2, 0.25) is 0 Å². The molecule has 0 aromatic carbocycles. The van der Waals surface area contributed by atoms with E-state index in [4.69, 9.17) is 5.73 Å². The van der Waals surface area contributed by atoms with Crippen LogP contribution in [0.15, 0.2) is 4.47 Å².